The molecule has 2 heterocycles. The van der Waals surface area contributed by atoms with Gasteiger partial charge in [-0.05, 0) is 22.8 Å². The average molecular weight is 313 g/mol. The van der Waals surface area contributed by atoms with E-state index in [2.05, 4.69) is 11.1 Å². The summed E-state index contributed by atoms with van der Waals surface area (Å²) in [6, 6.07) is 21.2. The first-order valence-corrected chi connectivity index (χ1v) is 7.88. The lowest BCUT2D eigenvalue weighted by Crippen LogP contribution is -2.51. The van der Waals surface area contributed by atoms with Crippen LogP contribution in [-0.4, -0.2) is 29.7 Å². The van der Waals surface area contributed by atoms with Gasteiger partial charge in [0.15, 0.2) is 5.41 Å². The quantitative estimate of drug-likeness (QED) is 0.856. The molecule has 4 nitrogen and oxygen atoms in total. The minimum Gasteiger partial charge on any atom is -0.293 e. The van der Waals surface area contributed by atoms with E-state index < -0.39 is 5.41 Å². The lowest BCUT2D eigenvalue weighted by Gasteiger charge is -2.36. The summed E-state index contributed by atoms with van der Waals surface area (Å²) in [6.07, 6.45) is 1.89. The van der Waals surface area contributed by atoms with Crippen molar-refractivity contribution in [2.24, 2.45) is 4.99 Å². The van der Waals surface area contributed by atoms with Crippen molar-refractivity contribution >= 4 is 17.3 Å². The average Bonchev–Trinajstić information content (AvgIpc) is 3.12. The molecule has 24 heavy (non-hydrogen) atoms. The number of rotatable bonds is 2. The number of benzene rings is 2. The third kappa shape index (κ3) is 1.92. The Balaban J connectivity index is 2.02. The highest BCUT2D eigenvalue weighted by Crippen LogP contribution is 2.43. The molecule has 0 fully saturated rings. The van der Waals surface area contributed by atoms with Gasteiger partial charge in [-0.3, -0.25) is 14.7 Å². The van der Waals surface area contributed by atoms with Gasteiger partial charge in [0.05, 0.1) is 12.6 Å². The van der Waals surface area contributed by atoms with Gasteiger partial charge in [-0.15, -0.1) is 0 Å². The summed E-state index contributed by atoms with van der Waals surface area (Å²) >= 11 is 0. The molecule has 0 spiro atoms. The fourth-order valence-corrected chi connectivity index (χ4v) is 3.41. The van der Waals surface area contributed by atoms with Gasteiger partial charge in [0.1, 0.15) is 5.84 Å². The van der Waals surface area contributed by atoms with Crippen LogP contribution in [0.1, 0.15) is 11.1 Å². The second-order valence-electron chi connectivity index (χ2n) is 5.85. The van der Waals surface area contributed by atoms with E-state index in [0.717, 1.165) is 5.56 Å². The number of nitrogens with zero attached hydrogens (tertiary/aromatic N) is 3. The molecule has 0 saturated heterocycles. The number of nitriles is 1. The van der Waals surface area contributed by atoms with E-state index in [1.807, 2.05) is 66.7 Å². The zero-order chi connectivity index (χ0) is 16.6. The second-order valence-corrected chi connectivity index (χ2v) is 5.85. The smallest absolute Gasteiger partial charge is 0.257 e. The van der Waals surface area contributed by atoms with Gasteiger partial charge in [0, 0.05) is 6.54 Å². The van der Waals surface area contributed by atoms with Crippen LogP contribution in [0, 0.1) is 11.3 Å². The fraction of sp³-hybridized carbons (Fsp3) is 0.150. The second kappa shape index (κ2) is 5.47. The first kappa shape index (κ1) is 14.4. The van der Waals surface area contributed by atoms with Crippen LogP contribution in [0.2, 0.25) is 0 Å². The fourth-order valence-electron chi connectivity index (χ4n) is 3.41. The number of hydrogen-bond acceptors (Lipinski definition) is 3. The highest BCUT2D eigenvalue weighted by molar-refractivity contribution is 6.22. The van der Waals surface area contributed by atoms with E-state index >= 15 is 0 Å². The van der Waals surface area contributed by atoms with E-state index in [-0.39, 0.29) is 5.91 Å². The van der Waals surface area contributed by atoms with Crippen molar-refractivity contribution in [3.63, 3.8) is 0 Å². The molecule has 2 aliphatic rings. The molecule has 4 rings (SSSR count). The van der Waals surface area contributed by atoms with Crippen molar-refractivity contribution in [2.75, 3.05) is 13.1 Å². The summed E-state index contributed by atoms with van der Waals surface area (Å²) in [6.45, 7) is 1.11. The number of amides is 1. The van der Waals surface area contributed by atoms with E-state index in [4.69, 9.17) is 0 Å². The molecule has 0 unspecified atom stereocenters. The Labute approximate surface area is 140 Å². The van der Waals surface area contributed by atoms with Crippen LogP contribution in [0.3, 0.4) is 0 Å². The van der Waals surface area contributed by atoms with Gasteiger partial charge >= 0.3 is 0 Å². The summed E-state index contributed by atoms with van der Waals surface area (Å²) in [5, 5.41) is 10.1. The molecule has 1 amide bonds. The van der Waals surface area contributed by atoms with Gasteiger partial charge in [0.2, 0.25) is 0 Å². The maximum Gasteiger partial charge on any atom is 0.257 e. The number of amidine groups is 1. The molecule has 2 aliphatic heterocycles. The largest absolute Gasteiger partial charge is 0.293 e. The molecule has 0 bridgehead atoms. The Kier molecular flexibility index (Phi) is 3.28. The van der Waals surface area contributed by atoms with Gasteiger partial charge in [-0.1, -0.05) is 60.7 Å². The predicted molar refractivity (Wildman–Crippen MR) is 92.2 cm³/mol. The predicted octanol–water partition coefficient (Wildman–Crippen LogP) is 2.79. The number of carbonyl (C=O) groups excluding carboxylic acids is 1. The molecule has 116 valence electrons. The van der Waals surface area contributed by atoms with Crippen molar-refractivity contribution in [2.45, 2.75) is 5.41 Å². The third-order valence-electron chi connectivity index (χ3n) is 4.58. The topological polar surface area (TPSA) is 56.5 Å². The SMILES string of the molecule is N#C[C@@]1(c2ccccc2)C(=O)N2CCN=C2C=C1c1ccccc1. The highest BCUT2D eigenvalue weighted by Gasteiger charge is 2.51. The van der Waals surface area contributed by atoms with Gasteiger partial charge in [-0.25, -0.2) is 0 Å². The van der Waals surface area contributed by atoms with Crippen molar-refractivity contribution < 1.29 is 4.79 Å². The highest BCUT2D eigenvalue weighted by atomic mass is 16.2. The molecule has 4 heteroatoms. The molecular weight excluding hydrogens is 298 g/mol. The van der Waals surface area contributed by atoms with E-state index in [9.17, 15) is 10.1 Å². The first-order valence-electron chi connectivity index (χ1n) is 7.88. The lowest BCUT2D eigenvalue weighted by molar-refractivity contribution is -0.129. The minimum absolute atomic E-state index is 0.214. The van der Waals surface area contributed by atoms with Crippen LogP contribution in [-0.2, 0) is 10.2 Å². The summed E-state index contributed by atoms with van der Waals surface area (Å²) in [4.78, 5) is 19.4. The van der Waals surface area contributed by atoms with E-state index in [1.165, 1.54) is 0 Å². The van der Waals surface area contributed by atoms with Crippen LogP contribution >= 0.6 is 0 Å². The van der Waals surface area contributed by atoms with Crippen LogP contribution in [0.4, 0.5) is 0 Å². The van der Waals surface area contributed by atoms with Crippen molar-refractivity contribution in [3.05, 3.63) is 77.9 Å². The van der Waals surface area contributed by atoms with E-state index in [1.54, 1.807) is 4.90 Å². The summed E-state index contributed by atoms with van der Waals surface area (Å²) < 4.78 is 0. The molecule has 0 saturated carbocycles. The third-order valence-corrected chi connectivity index (χ3v) is 4.58. The summed E-state index contributed by atoms with van der Waals surface area (Å²) in [5.41, 5.74) is 0.911. The van der Waals surface area contributed by atoms with Gasteiger partial charge in [-0.2, -0.15) is 5.26 Å². The van der Waals surface area contributed by atoms with Gasteiger partial charge < -0.3 is 0 Å². The number of carbonyl (C=O) groups is 1. The number of aliphatic imine (C=N–C) groups is 1. The van der Waals surface area contributed by atoms with Gasteiger partial charge in [0.25, 0.3) is 5.91 Å². The molecule has 0 aliphatic carbocycles. The Morgan fingerprint density at radius 3 is 2.38 bits per heavy atom. The number of hydrogen-bond donors (Lipinski definition) is 0. The van der Waals surface area contributed by atoms with Crippen molar-refractivity contribution in [3.8, 4) is 6.07 Å². The molecule has 2 aromatic carbocycles. The molecule has 1 atom stereocenters. The van der Waals surface area contributed by atoms with Crippen LogP contribution in [0.15, 0.2) is 71.7 Å². The van der Waals surface area contributed by atoms with Crippen molar-refractivity contribution in [1.82, 2.24) is 4.90 Å². The lowest BCUT2D eigenvalue weighted by atomic mass is 9.69. The minimum atomic E-state index is -1.34. The maximum absolute atomic E-state index is 13.3. The normalized spacial score (nSPS) is 22.5. The Morgan fingerprint density at radius 1 is 1.04 bits per heavy atom. The Bertz CT molecular complexity index is 893. The Morgan fingerprint density at radius 2 is 1.71 bits per heavy atom. The van der Waals surface area contributed by atoms with Crippen LogP contribution in [0.25, 0.3) is 5.57 Å². The molecule has 2 aromatic rings. The zero-order valence-electron chi connectivity index (χ0n) is 13.0. The van der Waals surface area contributed by atoms with Crippen LogP contribution in [0.5, 0.6) is 0 Å². The zero-order valence-corrected chi connectivity index (χ0v) is 13.0. The molecule has 0 N–H and O–H groups in total. The summed E-state index contributed by atoms with van der Waals surface area (Å²) in [5.74, 6) is 0.439. The van der Waals surface area contributed by atoms with E-state index in [0.29, 0.717) is 30.1 Å². The van der Waals surface area contributed by atoms with Crippen LogP contribution < -0.4 is 0 Å². The van der Waals surface area contributed by atoms with Crippen molar-refractivity contribution in [1.29, 1.82) is 5.26 Å². The number of fused-ring (bicyclic) bond motifs is 1. The monoisotopic (exact) mass is 313 g/mol. The summed E-state index contributed by atoms with van der Waals surface area (Å²) in [7, 11) is 0. The molecular formula is C20H15N3O. The maximum atomic E-state index is 13.3. The molecule has 0 radical (unpaired) electrons. The molecule has 0 aromatic heterocycles. The standard InChI is InChI=1S/C20H15N3O/c21-14-20(16-9-5-2-6-10-16)17(15-7-3-1-4-8-15)13-18-22-11-12-23(18)19(20)24/h1-10,13H,11-12H2/t20-/m0/s1. The first-order chi connectivity index (χ1) is 11.8. The Hall–Kier alpha value is -3.19.